The van der Waals surface area contributed by atoms with E-state index in [1.54, 1.807) is 6.07 Å². The van der Waals surface area contributed by atoms with Crippen LogP contribution in [0.15, 0.2) is 62.6 Å². The van der Waals surface area contributed by atoms with E-state index in [4.69, 9.17) is 9.15 Å². The molecule has 0 saturated carbocycles. The normalized spacial score (nSPS) is 16.2. The molecule has 24 heavy (non-hydrogen) atoms. The summed E-state index contributed by atoms with van der Waals surface area (Å²) >= 11 is 1.54. The van der Waals surface area contributed by atoms with Gasteiger partial charge in [0.1, 0.15) is 11.9 Å². The number of hydrogen-bond acceptors (Lipinski definition) is 5. The molecule has 0 spiro atoms. The van der Waals surface area contributed by atoms with Crippen molar-refractivity contribution in [1.82, 2.24) is 4.57 Å². The van der Waals surface area contributed by atoms with Crippen molar-refractivity contribution in [3.05, 3.63) is 64.6 Å². The average molecular weight is 341 g/mol. The maximum Gasteiger partial charge on any atom is 0.420 e. The van der Waals surface area contributed by atoms with E-state index in [1.165, 1.54) is 21.9 Å². The molecule has 0 radical (unpaired) electrons. The lowest BCUT2D eigenvalue weighted by Gasteiger charge is -2.09. The van der Waals surface area contributed by atoms with Gasteiger partial charge in [0.2, 0.25) is 0 Å². The van der Waals surface area contributed by atoms with E-state index in [9.17, 15) is 9.59 Å². The number of fused-ring (bicyclic) bond motifs is 2. The summed E-state index contributed by atoms with van der Waals surface area (Å²) in [5.74, 6) is -0.674. The third kappa shape index (κ3) is 2.73. The summed E-state index contributed by atoms with van der Waals surface area (Å²) in [6.45, 7) is 0.432. The standard InChI is InChI=1S/C18H15NO4S/c20-17(16-11-12-5-1-4-8-15(12)24-16)22-10-9-19-13-6-2-3-7-14(13)23-18(19)21/h1-8,16H,9-11H2/t16-/m0/s1. The largest absolute Gasteiger partial charge is 0.463 e. The van der Waals surface area contributed by atoms with Crippen molar-refractivity contribution in [2.75, 3.05) is 6.61 Å². The number of hydrogen-bond donors (Lipinski definition) is 0. The van der Waals surface area contributed by atoms with Crippen LogP contribution in [-0.4, -0.2) is 22.4 Å². The van der Waals surface area contributed by atoms with Gasteiger partial charge in [0.05, 0.1) is 12.1 Å². The van der Waals surface area contributed by atoms with Crippen LogP contribution in [0, 0.1) is 0 Å². The summed E-state index contributed by atoms with van der Waals surface area (Å²) < 4.78 is 12.0. The molecule has 0 aliphatic carbocycles. The van der Waals surface area contributed by atoms with Gasteiger partial charge in [-0.05, 0) is 30.2 Å². The number of esters is 1. The summed E-state index contributed by atoms with van der Waals surface area (Å²) in [6.07, 6.45) is 0.689. The van der Waals surface area contributed by atoms with Crippen LogP contribution < -0.4 is 5.76 Å². The molecule has 1 aromatic heterocycles. The highest BCUT2D eigenvalue weighted by Gasteiger charge is 2.29. The fraction of sp³-hybridized carbons (Fsp3) is 0.222. The van der Waals surface area contributed by atoms with Crippen molar-refractivity contribution in [1.29, 1.82) is 0 Å². The Morgan fingerprint density at radius 2 is 2.00 bits per heavy atom. The molecule has 5 nitrogen and oxygen atoms in total. The Labute approximate surface area is 142 Å². The molecule has 2 aromatic carbocycles. The van der Waals surface area contributed by atoms with Crippen LogP contribution in [-0.2, 0) is 22.5 Å². The molecule has 122 valence electrons. The van der Waals surface area contributed by atoms with E-state index in [2.05, 4.69) is 0 Å². The smallest absolute Gasteiger partial charge is 0.420 e. The second-order valence-electron chi connectivity index (χ2n) is 5.57. The lowest BCUT2D eigenvalue weighted by Crippen LogP contribution is -2.24. The molecule has 0 N–H and O–H groups in total. The topological polar surface area (TPSA) is 61.4 Å². The minimum atomic E-state index is -0.435. The quantitative estimate of drug-likeness (QED) is 0.683. The minimum absolute atomic E-state index is 0.148. The van der Waals surface area contributed by atoms with Crippen molar-refractivity contribution >= 4 is 28.8 Å². The molecule has 0 bridgehead atoms. The number of carbonyl (C=O) groups is 1. The molecule has 4 rings (SSSR count). The lowest BCUT2D eigenvalue weighted by molar-refractivity contribution is -0.143. The molecular weight excluding hydrogens is 326 g/mol. The summed E-state index contributed by atoms with van der Waals surface area (Å²) in [6, 6.07) is 15.2. The van der Waals surface area contributed by atoms with Crippen LogP contribution in [0.3, 0.4) is 0 Å². The summed E-state index contributed by atoms with van der Waals surface area (Å²) in [7, 11) is 0. The highest BCUT2D eigenvalue weighted by Crippen LogP contribution is 2.37. The fourth-order valence-corrected chi connectivity index (χ4v) is 4.06. The highest BCUT2D eigenvalue weighted by molar-refractivity contribution is 8.01. The molecule has 6 heteroatoms. The Hall–Kier alpha value is -2.47. The van der Waals surface area contributed by atoms with Crippen molar-refractivity contribution in [2.45, 2.75) is 23.1 Å². The zero-order valence-corrected chi connectivity index (χ0v) is 13.6. The van der Waals surface area contributed by atoms with E-state index >= 15 is 0 Å². The van der Waals surface area contributed by atoms with Gasteiger partial charge in [-0.1, -0.05) is 30.3 Å². The second-order valence-corrected chi connectivity index (χ2v) is 6.82. The molecule has 1 aliphatic rings. The first-order valence-electron chi connectivity index (χ1n) is 7.72. The predicted molar refractivity (Wildman–Crippen MR) is 91.2 cm³/mol. The number of carbonyl (C=O) groups excluding carboxylic acids is 1. The van der Waals surface area contributed by atoms with Crippen molar-refractivity contribution in [2.24, 2.45) is 0 Å². The second kappa shape index (κ2) is 6.20. The Morgan fingerprint density at radius 3 is 2.88 bits per heavy atom. The molecule has 1 aliphatic heterocycles. The average Bonchev–Trinajstić information content (AvgIpc) is 3.16. The van der Waals surface area contributed by atoms with Gasteiger partial charge in [0.15, 0.2) is 5.58 Å². The number of ether oxygens (including phenoxy) is 1. The maximum atomic E-state index is 12.2. The van der Waals surface area contributed by atoms with Crippen LogP contribution in [0.5, 0.6) is 0 Å². The van der Waals surface area contributed by atoms with E-state index in [0.717, 1.165) is 4.90 Å². The first-order valence-corrected chi connectivity index (χ1v) is 8.60. The van der Waals surface area contributed by atoms with Gasteiger partial charge in [-0.2, -0.15) is 0 Å². The lowest BCUT2D eigenvalue weighted by atomic mass is 10.1. The van der Waals surface area contributed by atoms with E-state index in [-0.39, 0.29) is 24.4 Å². The highest BCUT2D eigenvalue weighted by atomic mass is 32.2. The Morgan fingerprint density at radius 1 is 1.21 bits per heavy atom. The molecule has 0 amide bonds. The van der Waals surface area contributed by atoms with Crippen molar-refractivity contribution in [3.8, 4) is 0 Å². The Bertz CT molecular complexity index is 934. The van der Waals surface area contributed by atoms with Crippen molar-refractivity contribution < 1.29 is 13.9 Å². The fourth-order valence-electron chi connectivity index (χ4n) is 2.87. The third-order valence-corrected chi connectivity index (χ3v) is 5.34. The minimum Gasteiger partial charge on any atom is -0.463 e. The first kappa shape index (κ1) is 15.1. The number of oxazole rings is 1. The third-order valence-electron chi connectivity index (χ3n) is 4.04. The van der Waals surface area contributed by atoms with E-state index < -0.39 is 5.76 Å². The molecule has 0 fully saturated rings. The Balaban J connectivity index is 1.38. The molecule has 1 atom stereocenters. The van der Waals surface area contributed by atoms with Crippen LogP contribution in [0.1, 0.15) is 5.56 Å². The number of rotatable bonds is 4. The summed E-state index contributed by atoms with van der Waals surface area (Å²) in [4.78, 5) is 25.2. The number of benzene rings is 2. The number of para-hydroxylation sites is 2. The van der Waals surface area contributed by atoms with Gasteiger partial charge in [0, 0.05) is 4.90 Å². The van der Waals surface area contributed by atoms with Gasteiger partial charge in [-0.3, -0.25) is 9.36 Å². The zero-order valence-electron chi connectivity index (χ0n) is 12.8. The monoisotopic (exact) mass is 341 g/mol. The number of thioether (sulfide) groups is 1. The molecule has 2 heterocycles. The van der Waals surface area contributed by atoms with Crippen LogP contribution >= 0.6 is 11.8 Å². The maximum absolute atomic E-state index is 12.2. The van der Waals surface area contributed by atoms with Gasteiger partial charge in [0.25, 0.3) is 0 Å². The zero-order chi connectivity index (χ0) is 16.5. The van der Waals surface area contributed by atoms with E-state index in [1.807, 2.05) is 42.5 Å². The van der Waals surface area contributed by atoms with Gasteiger partial charge in [-0.15, -0.1) is 11.8 Å². The van der Waals surface area contributed by atoms with E-state index in [0.29, 0.717) is 17.5 Å². The SMILES string of the molecule is O=C(OCCn1c(=O)oc2ccccc21)[C@@H]1Cc2ccccc2S1. The number of nitrogens with zero attached hydrogens (tertiary/aromatic N) is 1. The van der Waals surface area contributed by atoms with Gasteiger partial charge < -0.3 is 9.15 Å². The molecule has 0 saturated heterocycles. The number of aromatic nitrogens is 1. The van der Waals surface area contributed by atoms with Crippen LogP contribution in [0.25, 0.3) is 11.1 Å². The summed E-state index contributed by atoms with van der Waals surface area (Å²) in [5.41, 5.74) is 2.43. The predicted octanol–water partition coefficient (Wildman–Crippen LogP) is 2.85. The molecule has 0 unspecified atom stereocenters. The Kier molecular flexibility index (Phi) is 3.90. The molecular formula is C18H15NO4S. The summed E-state index contributed by atoms with van der Waals surface area (Å²) in [5, 5.41) is -0.208. The molecule has 3 aromatic rings. The van der Waals surface area contributed by atoms with Crippen molar-refractivity contribution in [3.63, 3.8) is 0 Å². The van der Waals surface area contributed by atoms with Crippen LogP contribution in [0.2, 0.25) is 0 Å². The van der Waals surface area contributed by atoms with Gasteiger partial charge >= 0.3 is 11.7 Å². The van der Waals surface area contributed by atoms with Crippen LogP contribution in [0.4, 0.5) is 0 Å². The van der Waals surface area contributed by atoms with Gasteiger partial charge in [-0.25, -0.2) is 4.79 Å². The first-order chi connectivity index (χ1) is 11.7.